The number of methoxy groups -OCH3 is 1. The van der Waals surface area contributed by atoms with E-state index in [1.165, 1.54) is 25.6 Å². The van der Waals surface area contributed by atoms with Crippen molar-refractivity contribution < 1.29 is 9.13 Å². The summed E-state index contributed by atoms with van der Waals surface area (Å²) in [4.78, 5) is 20.7. The van der Waals surface area contributed by atoms with Gasteiger partial charge in [0.1, 0.15) is 12.1 Å². The third kappa shape index (κ3) is 4.90. The van der Waals surface area contributed by atoms with E-state index in [2.05, 4.69) is 27.3 Å². The number of hydrogen-bond donors (Lipinski definition) is 1. The van der Waals surface area contributed by atoms with Crippen molar-refractivity contribution in [3.05, 3.63) is 74.8 Å². The highest BCUT2D eigenvalue weighted by molar-refractivity contribution is 6.31. The van der Waals surface area contributed by atoms with Gasteiger partial charge in [-0.1, -0.05) is 30.1 Å². The smallest absolute Gasteiger partial charge is 0.250 e. The molecule has 5 rings (SSSR count). The largest absolute Gasteiger partial charge is 0.494 e. The second-order valence-corrected chi connectivity index (χ2v) is 10.4. The van der Waals surface area contributed by atoms with E-state index in [4.69, 9.17) is 27.9 Å². The van der Waals surface area contributed by atoms with Crippen LogP contribution in [-0.2, 0) is 19.6 Å². The molecular weight excluding hydrogens is 506 g/mol. The molecule has 1 aliphatic rings. The lowest BCUT2D eigenvalue weighted by Crippen LogP contribution is -2.42. The fourth-order valence-corrected chi connectivity index (χ4v) is 5.47. The fourth-order valence-electron chi connectivity index (χ4n) is 5.08. The number of fused-ring (bicyclic) bond motifs is 1. The van der Waals surface area contributed by atoms with Crippen molar-refractivity contribution >= 4 is 40.1 Å². The zero-order chi connectivity index (χ0) is 25.4. The zero-order valence-electron chi connectivity index (χ0n) is 19.8. The maximum Gasteiger partial charge on any atom is 0.250 e. The standard InChI is InChI=1S/C25H25Cl2FN6O2/c1-25(13-33-11-16(26)3-6-21(33)35)7-15(8-25)10-34-12-18-23(30-14-31-24(18)32-34)29-9-17-19(27)4-5-20(36-2)22(17)28/h3-6,11-12,14-15H,7-10,13H2,1-2H3,(H,29,30,31,32). The minimum Gasteiger partial charge on any atom is -0.494 e. The number of nitrogens with one attached hydrogen (secondary N) is 1. The Labute approximate surface area is 217 Å². The van der Waals surface area contributed by atoms with Gasteiger partial charge in [-0.15, -0.1) is 0 Å². The summed E-state index contributed by atoms with van der Waals surface area (Å²) in [6.45, 7) is 3.68. The molecule has 11 heteroatoms. The van der Waals surface area contributed by atoms with Crippen molar-refractivity contribution in [2.45, 2.75) is 39.4 Å². The van der Waals surface area contributed by atoms with Crippen LogP contribution >= 0.6 is 23.2 Å². The Morgan fingerprint density at radius 1 is 1.19 bits per heavy atom. The molecule has 1 N–H and O–H groups in total. The molecule has 1 fully saturated rings. The summed E-state index contributed by atoms with van der Waals surface area (Å²) >= 11 is 12.3. The highest BCUT2D eigenvalue weighted by Crippen LogP contribution is 2.47. The second-order valence-electron chi connectivity index (χ2n) is 9.60. The highest BCUT2D eigenvalue weighted by Gasteiger charge is 2.40. The van der Waals surface area contributed by atoms with Gasteiger partial charge >= 0.3 is 0 Å². The lowest BCUT2D eigenvalue weighted by atomic mass is 9.63. The van der Waals surface area contributed by atoms with E-state index < -0.39 is 5.82 Å². The second kappa shape index (κ2) is 9.71. The molecule has 0 aliphatic heterocycles. The summed E-state index contributed by atoms with van der Waals surface area (Å²) in [5, 5.41) is 9.35. The van der Waals surface area contributed by atoms with Crippen LogP contribution in [0.25, 0.3) is 11.0 Å². The number of benzene rings is 1. The van der Waals surface area contributed by atoms with Gasteiger partial charge in [0.15, 0.2) is 17.2 Å². The molecule has 0 spiro atoms. The Morgan fingerprint density at radius 2 is 2.00 bits per heavy atom. The summed E-state index contributed by atoms with van der Waals surface area (Å²) in [6, 6.07) is 6.21. The number of nitrogens with zero attached hydrogens (tertiary/aromatic N) is 5. The predicted molar refractivity (Wildman–Crippen MR) is 137 cm³/mol. The monoisotopic (exact) mass is 530 g/mol. The van der Waals surface area contributed by atoms with Crippen LogP contribution in [0.4, 0.5) is 10.2 Å². The molecule has 36 heavy (non-hydrogen) atoms. The van der Waals surface area contributed by atoms with E-state index in [9.17, 15) is 9.18 Å². The maximum absolute atomic E-state index is 14.7. The van der Waals surface area contributed by atoms with Crippen LogP contribution in [0.5, 0.6) is 5.75 Å². The number of rotatable bonds is 8. The van der Waals surface area contributed by atoms with E-state index in [0.29, 0.717) is 39.5 Å². The lowest BCUT2D eigenvalue weighted by molar-refractivity contribution is 0.0416. The fraction of sp³-hybridized carbons (Fsp3) is 0.360. The first-order valence-electron chi connectivity index (χ1n) is 11.5. The predicted octanol–water partition coefficient (Wildman–Crippen LogP) is 5.17. The molecule has 3 aromatic heterocycles. The third-order valence-electron chi connectivity index (χ3n) is 6.67. The number of aromatic nitrogens is 5. The Kier molecular flexibility index (Phi) is 6.61. The van der Waals surface area contributed by atoms with E-state index in [0.717, 1.165) is 24.8 Å². The van der Waals surface area contributed by atoms with E-state index in [-0.39, 0.29) is 23.3 Å². The summed E-state index contributed by atoms with van der Waals surface area (Å²) in [7, 11) is 1.41. The quantitative estimate of drug-likeness (QED) is 0.338. The van der Waals surface area contributed by atoms with Gasteiger partial charge in [-0.25, -0.2) is 14.4 Å². The molecule has 0 atom stereocenters. The molecule has 1 aromatic carbocycles. The molecule has 0 radical (unpaired) electrons. The minimum absolute atomic E-state index is 0.0261. The first-order valence-corrected chi connectivity index (χ1v) is 12.3. The first kappa shape index (κ1) is 24.5. The maximum atomic E-state index is 14.7. The number of pyridine rings is 1. The Balaban J connectivity index is 1.26. The molecule has 0 bridgehead atoms. The molecular formula is C25H25Cl2FN6O2. The van der Waals surface area contributed by atoms with Crippen molar-refractivity contribution in [3.8, 4) is 5.75 Å². The van der Waals surface area contributed by atoms with Crippen LogP contribution in [0.2, 0.25) is 10.0 Å². The Bertz CT molecular complexity index is 1480. The van der Waals surface area contributed by atoms with E-state index in [1.54, 1.807) is 22.9 Å². The highest BCUT2D eigenvalue weighted by atomic mass is 35.5. The normalized spacial score (nSPS) is 19.3. The molecule has 8 nitrogen and oxygen atoms in total. The van der Waals surface area contributed by atoms with Gasteiger partial charge in [-0.3, -0.25) is 9.48 Å². The van der Waals surface area contributed by atoms with Crippen LogP contribution in [0.3, 0.4) is 0 Å². The summed E-state index contributed by atoms with van der Waals surface area (Å²) in [6.07, 6.45) is 6.95. The van der Waals surface area contributed by atoms with Crippen molar-refractivity contribution in [2.24, 2.45) is 11.3 Å². The van der Waals surface area contributed by atoms with Crippen LogP contribution in [0.15, 0.2) is 47.8 Å². The molecule has 188 valence electrons. The first-order chi connectivity index (χ1) is 17.2. The average Bonchev–Trinajstić information content (AvgIpc) is 3.24. The summed E-state index contributed by atoms with van der Waals surface area (Å²) in [5.74, 6) is 0.590. The van der Waals surface area contributed by atoms with E-state index >= 15 is 0 Å². The van der Waals surface area contributed by atoms with Gasteiger partial charge in [0, 0.05) is 48.7 Å². The summed E-state index contributed by atoms with van der Waals surface area (Å²) in [5.41, 5.74) is 0.828. The minimum atomic E-state index is -0.508. The zero-order valence-corrected chi connectivity index (χ0v) is 21.4. The van der Waals surface area contributed by atoms with Crippen LogP contribution in [-0.4, -0.2) is 31.4 Å². The van der Waals surface area contributed by atoms with Crippen molar-refractivity contribution in [2.75, 3.05) is 12.4 Å². The van der Waals surface area contributed by atoms with Gasteiger partial charge in [0.05, 0.1) is 17.5 Å². The topological polar surface area (TPSA) is 86.9 Å². The van der Waals surface area contributed by atoms with Gasteiger partial charge in [0.2, 0.25) is 0 Å². The van der Waals surface area contributed by atoms with Gasteiger partial charge in [0.25, 0.3) is 5.56 Å². The van der Waals surface area contributed by atoms with Crippen molar-refractivity contribution in [1.82, 2.24) is 24.3 Å². The lowest BCUT2D eigenvalue weighted by Gasteiger charge is -2.45. The molecule has 0 saturated heterocycles. The summed E-state index contributed by atoms with van der Waals surface area (Å²) < 4.78 is 23.3. The molecule has 0 amide bonds. The van der Waals surface area contributed by atoms with E-state index in [1.807, 2.05) is 10.9 Å². The van der Waals surface area contributed by atoms with Crippen molar-refractivity contribution in [3.63, 3.8) is 0 Å². The van der Waals surface area contributed by atoms with Crippen molar-refractivity contribution in [1.29, 1.82) is 0 Å². The van der Waals surface area contributed by atoms with Crippen LogP contribution in [0, 0.1) is 17.2 Å². The molecule has 0 unspecified atom stereocenters. The van der Waals surface area contributed by atoms with Crippen LogP contribution in [0.1, 0.15) is 25.3 Å². The average molecular weight is 531 g/mol. The van der Waals surface area contributed by atoms with Crippen LogP contribution < -0.4 is 15.6 Å². The molecule has 1 saturated carbocycles. The molecule has 3 heterocycles. The number of halogens is 3. The molecule has 1 aliphatic carbocycles. The number of hydrogen-bond acceptors (Lipinski definition) is 6. The molecule has 4 aromatic rings. The Hall–Kier alpha value is -3.17. The SMILES string of the molecule is COc1ccc(Cl)c(CNc2ncnc3nn(CC4CC(C)(Cn5cc(Cl)ccc5=O)C4)cc23)c1F. The third-order valence-corrected chi connectivity index (χ3v) is 7.25. The van der Waals surface area contributed by atoms with Gasteiger partial charge < -0.3 is 14.6 Å². The van der Waals surface area contributed by atoms with Gasteiger partial charge in [-0.05, 0) is 42.4 Å². The number of anilines is 1. The Morgan fingerprint density at radius 3 is 2.78 bits per heavy atom. The number of ether oxygens (including phenoxy) is 1. The van der Waals surface area contributed by atoms with Gasteiger partial charge in [-0.2, -0.15) is 5.10 Å².